The first-order valence-electron chi connectivity index (χ1n) is 12.1. The molecule has 0 amide bonds. The molecule has 0 aliphatic rings. The number of hydrogen-bond acceptors (Lipinski definition) is 10. The number of halogens is 1. The third kappa shape index (κ3) is 5.47. The number of sulfone groups is 1. The lowest BCUT2D eigenvalue weighted by molar-refractivity contribution is 0.0948. The normalized spacial score (nSPS) is 14.4. The predicted octanol–water partition coefficient (Wildman–Crippen LogP) is 4.39. The molecule has 0 N–H and O–H groups in total. The van der Waals surface area contributed by atoms with Gasteiger partial charge >= 0.3 is 0 Å². The van der Waals surface area contributed by atoms with Crippen molar-refractivity contribution in [1.82, 2.24) is 34.9 Å². The SMILES string of the molecule is CC[C@H](c1c(C)noc1C)n1c(CS(=O)(=O)[C@@H](C)[C@H](OC)c2ncc(Cl)cn2)nnc1-c1cccc(C)n1. The van der Waals surface area contributed by atoms with Gasteiger partial charge in [-0.3, -0.25) is 0 Å². The Bertz CT molecular complexity index is 1500. The van der Waals surface area contributed by atoms with E-state index in [1.165, 1.54) is 19.5 Å². The average Bonchev–Trinajstić information content (AvgIpc) is 3.44. The van der Waals surface area contributed by atoms with E-state index in [0.717, 1.165) is 11.3 Å². The Morgan fingerprint density at radius 2 is 1.84 bits per heavy atom. The molecule has 0 aliphatic heterocycles. The van der Waals surface area contributed by atoms with Gasteiger partial charge in [0.1, 0.15) is 29.1 Å². The van der Waals surface area contributed by atoms with Crippen LogP contribution in [-0.2, 0) is 20.3 Å². The lowest BCUT2D eigenvalue weighted by Crippen LogP contribution is -2.30. The molecule has 4 aromatic heterocycles. The van der Waals surface area contributed by atoms with E-state index in [2.05, 4.69) is 30.3 Å². The lowest BCUT2D eigenvalue weighted by Gasteiger charge is -2.24. The maximum Gasteiger partial charge on any atom is 0.183 e. The Labute approximate surface area is 226 Å². The van der Waals surface area contributed by atoms with Crippen molar-refractivity contribution in [2.24, 2.45) is 0 Å². The zero-order valence-corrected chi connectivity index (χ0v) is 23.7. The summed E-state index contributed by atoms with van der Waals surface area (Å²) < 4.78 is 40.3. The van der Waals surface area contributed by atoms with Crippen molar-refractivity contribution in [2.45, 2.75) is 64.2 Å². The Morgan fingerprint density at radius 3 is 2.42 bits per heavy atom. The molecular weight excluding hydrogens is 530 g/mol. The van der Waals surface area contributed by atoms with Gasteiger partial charge in [0.25, 0.3) is 0 Å². The first-order chi connectivity index (χ1) is 18.1. The van der Waals surface area contributed by atoms with E-state index < -0.39 is 21.2 Å². The van der Waals surface area contributed by atoms with Gasteiger partial charge in [-0.2, -0.15) is 0 Å². The molecule has 0 spiro atoms. The van der Waals surface area contributed by atoms with Gasteiger partial charge in [0.15, 0.2) is 21.5 Å². The minimum Gasteiger partial charge on any atom is -0.372 e. The number of aryl methyl sites for hydroxylation is 3. The zero-order chi connectivity index (χ0) is 27.6. The first kappa shape index (κ1) is 27.8. The van der Waals surface area contributed by atoms with Gasteiger partial charge in [0.2, 0.25) is 0 Å². The number of pyridine rings is 1. The highest BCUT2D eigenvalue weighted by molar-refractivity contribution is 7.91. The van der Waals surface area contributed by atoms with Crippen LogP contribution < -0.4 is 0 Å². The van der Waals surface area contributed by atoms with Gasteiger partial charge in [-0.05, 0) is 46.2 Å². The number of aromatic nitrogens is 7. The topological polar surface area (TPSA) is 139 Å². The zero-order valence-electron chi connectivity index (χ0n) is 22.1. The molecule has 0 fully saturated rings. The minimum absolute atomic E-state index is 0.223. The lowest BCUT2D eigenvalue weighted by atomic mass is 10.0. The summed E-state index contributed by atoms with van der Waals surface area (Å²) in [6.45, 7) is 9.14. The highest BCUT2D eigenvalue weighted by atomic mass is 35.5. The molecule has 4 aromatic rings. The third-order valence-electron chi connectivity index (χ3n) is 6.48. The molecule has 0 saturated carbocycles. The summed E-state index contributed by atoms with van der Waals surface area (Å²) in [6.07, 6.45) is 2.52. The standard InChI is InChI=1S/C25H30ClN7O4S/c1-7-20(22-15(3)32-37-16(22)4)33-21(30-31-25(33)19-10-8-9-14(2)29-19)13-38(34,35)17(5)23(36-6)24-27-11-18(26)12-28-24/h8-12,17,20,23H,7,13H2,1-6H3/t17-,20+,23-/m0/s1. The molecular formula is C25H30ClN7O4S. The van der Waals surface area contributed by atoms with Crippen molar-refractivity contribution in [3.63, 3.8) is 0 Å². The molecule has 0 unspecified atom stereocenters. The Hall–Kier alpha value is -3.22. The summed E-state index contributed by atoms with van der Waals surface area (Å²) in [5, 5.41) is 12.2. The van der Waals surface area contributed by atoms with Crippen molar-refractivity contribution in [3.05, 3.63) is 70.0 Å². The molecule has 0 saturated heterocycles. The van der Waals surface area contributed by atoms with Crippen LogP contribution in [0.15, 0.2) is 35.1 Å². The quantitative estimate of drug-likeness (QED) is 0.275. The first-order valence-corrected chi connectivity index (χ1v) is 14.2. The maximum atomic E-state index is 13.7. The number of hydrogen-bond donors (Lipinski definition) is 0. The minimum atomic E-state index is -3.83. The molecule has 0 aromatic carbocycles. The molecule has 0 aliphatic carbocycles. The van der Waals surface area contributed by atoms with Crippen molar-refractivity contribution < 1.29 is 17.7 Å². The van der Waals surface area contributed by atoms with E-state index in [4.69, 9.17) is 20.9 Å². The van der Waals surface area contributed by atoms with E-state index in [-0.39, 0.29) is 23.4 Å². The van der Waals surface area contributed by atoms with Crippen LogP contribution >= 0.6 is 11.6 Å². The fourth-order valence-electron chi connectivity index (χ4n) is 4.55. The van der Waals surface area contributed by atoms with E-state index in [9.17, 15) is 8.42 Å². The Kier molecular flexibility index (Phi) is 8.24. The van der Waals surface area contributed by atoms with E-state index in [1.54, 1.807) is 6.92 Å². The van der Waals surface area contributed by atoms with E-state index in [0.29, 0.717) is 34.4 Å². The van der Waals surface area contributed by atoms with Gasteiger partial charge < -0.3 is 13.8 Å². The monoisotopic (exact) mass is 559 g/mol. The number of methoxy groups -OCH3 is 1. The smallest absolute Gasteiger partial charge is 0.183 e. The summed E-state index contributed by atoms with van der Waals surface area (Å²) in [7, 11) is -2.41. The average molecular weight is 560 g/mol. The van der Waals surface area contributed by atoms with E-state index in [1.807, 2.05) is 50.5 Å². The Morgan fingerprint density at radius 1 is 1.13 bits per heavy atom. The molecule has 38 heavy (non-hydrogen) atoms. The molecule has 13 heteroatoms. The number of nitrogens with zero attached hydrogens (tertiary/aromatic N) is 7. The molecule has 11 nitrogen and oxygen atoms in total. The Balaban J connectivity index is 1.80. The maximum absolute atomic E-state index is 13.7. The summed E-state index contributed by atoms with van der Waals surface area (Å²) in [6, 6.07) is 5.26. The van der Waals surface area contributed by atoms with Crippen molar-refractivity contribution in [3.8, 4) is 11.5 Å². The van der Waals surface area contributed by atoms with Gasteiger partial charge in [-0.15, -0.1) is 10.2 Å². The highest BCUT2D eigenvalue weighted by Gasteiger charge is 2.36. The fourth-order valence-corrected chi connectivity index (χ4v) is 6.08. The molecule has 0 radical (unpaired) electrons. The van der Waals surface area contributed by atoms with Gasteiger partial charge in [-0.1, -0.05) is 29.7 Å². The largest absolute Gasteiger partial charge is 0.372 e. The molecule has 0 bridgehead atoms. The second-order valence-electron chi connectivity index (χ2n) is 9.06. The number of ether oxygens (including phenoxy) is 1. The summed E-state index contributed by atoms with van der Waals surface area (Å²) >= 11 is 5.91. The van der Waals surface area contributed by atoms with Crippen LogP contribution in [0.2, 0.25) is 5.02 Å². The summed E-state index contributed by atoms with van der Waals surface area (Å²) in [5.41, 5.74) is 2.96. The van der Waals surface area contributed by atoms with Crippen molar-refractivity contribution in [1.29, 1.82) is 0 Å². The molecule has 3 atom stereocenters. The van der Waals surface area contributed by atoms with Crippen LogP contribution in [0.25, 0.3) is 11.5 Å². The van der Waals surface area contributed by atoms with Gasteiger partial charge in [0.05, 0.1) is 22.0 Å². The fraction of sp³-hybridized carbons (Fsp3) is 0.440. The van der Waals surface area contributed by atoms with Crippen LogP contribution in [0.4, 0.5) is 0 Å². The van der Waals surface area contributed by atoms with Crippen molar-refractivity contribution in [2.75, 3.05) is 7.11 Å². The van der Waals surface area contributed by atoms with Crippen molar-refractivity contribution >= 4 is 21.4 Å². The van der Waals surface area contributed by atoms with E-state index >= 15 is 0 Å². The van der Waals surface area contributed by atoms with Gasteiger partial charge in [0, 0.05) is 30.8 Å². The van der Waals surface area contributed by atoms with Crippen LogP contribution in [-0.4, -0.2) is 55.7 Å². The van der Waals surface area contributed by atoms with Crippen LogP contribution in [0.3, 0.4) is 0 Å². The van der Waals surface area contributed by atoms with Gasteiger partial charge in [-0.25, -0.2) is 23.4 Å². The highest BCUT2D eigenvalue weighted by Crippen LogP contribution is 2.34. The second kappa shape index (κ2) is 11.3. The predicted molar refractivity (Wildman–Crippen MR) is 141 cm³/mol. The summed E-state index contributed by atoms with van der Waals surface area (Å²) in [5.74, 6) is 1.21. The second-order valence-corrected chi connectivity index (χ2v) is 11.9. The van der Waals surface area contributed by atoms with Crippen LogP contribution in [0, 0.1) is 20.8 Å². The van der Waals surface area contributed by atoms with Crippen LogP contribution in [0.1, 0.15) is 66.8 Å². The molecule has 4 rings (SSSR count). The molecule has 202 valence electrons. The van der Waals surface area contributed by atoms with Crippen LogP contribution in [0.5, 0.6) is 0 Å². The number of rotatable bonds is 10. The third-order valence-corrected chi connectivity index (χ3v) is 8.71. The molecule has 4 heterocycles. The summed E-state index contributed by atoms with van der Waals surface area (Å²) in [4.78, 5) is 12.9.